The molecule has 0 saturated heterocycles. The van der Waals surface area contributed by atoms with E-state index in [0.29, 0.717) is 6.54 Å². The third-order valence-electron chi connectivity index (χ3n) is 2.94. The normalized spacial score (nSPS) is 10.6. The van der Waals surface area contributed by atoms with Crippen LogP contribution in [0.15, 0.2) is 42.7 Å². The van der Waals surface area contributed by atoms with E-state index < -0.39 is 0 Å². The first-order chi connectivity index (χ1) is 8.75. The molecule has 3 heteroatoms. The highest BCUT2D eigenvalue weighted by Gasteiger charge is 2.00. The summed E-state index contributed by atoms with van der Waals surface area (Å²) in [5.41, 5.74) is 3.34. The van der Waals surface area contributed by atoms with E-state index in [4.69, 9.17) is 0 Å². The Hall–Kier alpha value is -1.74. The third-order valence-corrected chi connectivity index (χ3v) is 2.94. The van der Waals surface area contributed by atoms with Gasteiger partial charge in [0.15, 0.2) is 0 Å². The predicted octanol–water partition coefficient (Wildman–Crippen LogP) is 2.86. The number of benzene rings is 1. The van der Waals surface area contributed by atoms with E-state index >= 15 is 0 Å². The predicted molar refractivity (Wildman–Crippen MR) is 70.8 cm³/mol. The second kappa shape index (κ2) is 6.26. The molecule has 0 radical (unpaired) electrons. The number of rotatable bonds is 5. The molecule has 2 rings (SSSR count). The lowest BCUT2D eigenvalue weighted by Gasteiger charge is -2.08. The van der Waals surface area contributed by atoms with Crippen molar-refractivity contribution in [1.82, 2.24) is 10.3 Å². The van der Waals surface area contributed by atoms with Gasteiger partial charge in [-0.05, 0) is 54.8 Å². The molecule has 0 aliphatic carbocycles. The Bertz CT molecular complexity index is 497. The largest absolute Gasteiger partial charge is 0.312 e. The Morgan fingerprint density at radius 3 is 2.94 bits per heavy atom. The fraction of sp³-hybridized carbons (Fsp3) is 0.267. The average molecular weight is 244 g/mol. The molecule has 0 amide bonds. The molecule has 0 atom stereocenters. The summed E-state index contributed by atoms with van der Waals surface area (Å²) in [6, 6.07) is 8.89. The van der Waals surface area contributed by atoms with Crippen LogP contribution >= 0.6 is 0 Å². The quantitative estimate of drug-likeness (QED) is 0.818. The van der Waals surface area contributed by atoms with Crippen molar-refractivity contribution < 1.29 is 4.39 Å². The summed E-state index contributed by atoms with van der Waals surface area (Å²) in [5, 5.41) is 3.32. The minimum absolute atomic E-state index is 0.176. The van der Waals surface area contributed by atoms with Crippen molar-refractivity contribution in [3.63, 3.8) is 0 Å². The van der Waals surface area contributed by atoms with Gasteiger partial charge in [0.2, 0.25) is 0 Å². The van der Waals surface area contributed by atoms with Crippen LogP contribution in [0.2, 0.25) is 0 Å². The second-order valence-corrected chi connectivity index (χ2v) is 4.36. The highest BCUT2D eigenvalue weighted by molar-refractivity contribution is 5.26. The Morgan fingerprint density at radius 2 is 2.17 bits per heavy atom. The van der Waals surface area contributed by atoms with Crippen molar-refractivity contribution >= 4 is 0 Å². The Morgan fingerprint density at radius 1 is 1.28 bits per heavy atom. The molecular formula is C15H17FN2. The van der Waals surface area contributed by atoms with Crippen LogP contribution in [0.3, 0.4) is 0 Å². The molecule has 0 spiro atoms. The smallest absolute Gasteiger partial charge is 0.123 e. The maximum Gasteiger partial charge on any atom is 0.123 e. The van der Waals surface area contributed by atoms with Gasteiger partial charge >= 0.3 is 0 Å². The van der Waals surface area contributed by atoms with E-state index in [1.165, 1.54) is 11.6 Å². The van der Waals surface area contributed by atoms with Crippen LogP contribution in [0.4, 0.5) is 4.39 Å². The fourth-order valence-corrected chi connectivity index (χ4v) is 1.83. The molecule has 0 fully saturated rings. The molecular weight excluding hydrogens is 227 g/mol. The van der Waals surface area contributed by atoms with Crippen LogP contribution in [-0.4, -0.2) is 11.5 Å². The van der Waals surface area contributed by atoms with E-state index in [1.54, 1.807) is 12.3 Å². The van der Waals surface area contributed by atoms with E-state index in [2.05, 4.69) is 16.4 Å². The molecule has 1 heterocycles. The standard InChI is InChI=1S/C15H17FN2/c1-12-4-5-15(16)9-14(12)11-18-8-6-13-3-2-7-17-10-13/h2-5,7,9-10,18H,6,8,11H2,1H3. The Balaban J connectivity index is 1.80. The molecule has 1 N–H and O–H groups in total. The zero-order valence-corrected chi connectivity index (χ0v) is 10.5. The molecule has 2 aromatic rings. The monoisotopic (exact) mass is 244 g/mol. The summed E-state index contributed by atoms with van der Waals surface area (Å²) in [6.07, 6.45) is 4.57. The highest BCUT2D eigenvalue weighted by atomic mass is 19.1. The van der Waals surface area contributed by atoms with Gasteiger partial charge in [0.05, 0.1) is 0 Å². The van der Waals surface area contributed by atoms with Crippen LogP contribution in [0.5, 0.6) is 0 Å². The van der Waals surface area contributed by atoms with Gasteiger partial charge in [-0.15, -0.1) is 0 Å². The van der Waals surface area contributed by atoms with Crippen LogP contribution in [0.1, 0.15) is 16.7 Å². The van der Waals surface area contributed by atoms with Gasteiger partial charge in [-0.2, -0.15) is 0 Å². The van der Waals surface area contributed by atoms with Gasteiger partial charge in [-0.1, -0.05) is 12.1 Å². The third kappa shape index (κ3) is 3.64. The number of aromatic nitrogens is 1. The number of aryl methyl sites for hydroxylation is 1. The van der Waals surface area contributed by atoms with E-state index in [-0.39, 0.29) is 5.82 Å². The summed E-state index contributed by atoms with van der Waals surface area (Å²) in [5.74, 6) is -0.176. The van der Waals surface area contributed by atoms with Crippen LogP contribution < -0.4 is 5.32 Å². The van der Waals surface area contributed by atoms with Crippen LogP contribution in [0, 0.1) is 12.7 Å². The number of nitrogens with one attached hydrogen (secondary N) is 1. The maximum atomic E-state index is 13.1. The minimum Gasteiger partial charge on any atom is -0.312 e. The molecule has 0 bridgehead atoms. The zero-order chi connectivity index (χ0) is 12.8. The van der Waals surface area contributed by atoms with Gasteiger partial charge in [-0.3, -0.25) is 4.98 Å². The Kier molecular flexibility index (Phi) is 4.42. The van der Waals surface area contributed by atoms with Crippen LogP contribution in [0.25, 0.3) is 0 Å². The molecule has 0 unspecified atom stereocenters. The molecule has 18 heavy (non-hydrogen) atoms. The van der Waals surface area contributed by atoms with Gasteiger partial charge < -0.3 is 5.32 Å². The van der Waals surface area contributed by atoms with Crippen molar-refractivity contribution in [3.05, 3.63) is 65.2 Å². The number of pyridine rings is 1. The lowest BCUT2D eigenvalue weighted by Crippen LogP contribution is -2.17. The van der Waals surface area contributed by atoms with Crippen LogP contribution in [-0.2, 0) is 13.0 Å². The summed E-state index contributed by atoms with van der Waals surface area (Å²) in [6.45, 7) is 3.56. The molecule has 94 valence electrons. The topological polar surface area (TPSA) is 24.9 Å². The number of halogens is 1. The Labute approximate surface area is 107 Å². The fourth-order valence-electron chi connectivity index (χ4n) is 1.83. The van der Waals surface area contributed by atoms with Crippen molar-refractivity contribution in [1.29, 1.82) is 0 Å². The van der Waals surface area contributed by atoms with Gasteiger partial charge in [0.25, 0.3) is 0 Å². The average Bonchev–Trinajstić information content (AvgIpc) is 2.40. The molecule has 2 nitrogen and oxygen atoms in total. The van der Waals surface area contributed by atoms with Gasteiger partial charge in [0, 0.05) is 18.9 Å². The van der Waals surface area contributed by atoms with E-state index in [1.807, 2.05) is 25.3 Å². The summed E-state index contributed by atoms with van der Waals surface area (Å²) < 4.78 is 13.1. The SMILES string of the molecule is Cc1ccc(F)cc1CNCCc1cccnc1. The molecule has 1 aromatic carbocycles. The molecule has 0 aliphatic heterocycles. The molecule has 0 aliphatic rings. The zero-order valence-electron chi connectivity index (χ0n) is 10.5. The minimum atomic E-state index is -0.176. The van der Waals surface area contributed by atoms with Gasteiger partial charge in [0.1, 0.15) is 5.82 Å². The summed E-state index contributed by atoms with van der Waals surface area (Å²) in [7, 11) is 0. The first kappa shape index (κ1) is 12.7. The number of hydrogen-bond donors (Lipinski definition) is 1. The number of nitrogens with zero attached hydrogens (tertiary/aromatic N) is 1. The lowest BCUT2D eigenvalue weighted by molar-refractivity contribution is 0.619. The lowest BCUT2D eigenvalue weighted by atomic mass is 10.1. The first-order valence-corrected chi connectivity index (χ1v) is 6.10. The summed E-state index contributed by atoms with van der Waals surface area (Å²) in [4.78, 5) is 4.07. The number of hydrogen-bond acceptors (Lipinski definition) is 2. The summed E-state index contributed by atoms with van der Waals surface area (Å²) >= 11 is 0. The molecule has 0 saturated carbocycles. The first-order valence-electron chi connectivity index (χ1n) is 6.10. The maximum absolute atomic E-state index is 13.1. The van der Waals surface area contributed by atoms with E-state index in [0.717, 1.165) is 24.1 Å². The van der Waals surface area contributed by atoms with Crippen molar-refractivity contribution in [2.24, 2.45) is 0 Å². The molecule has 1 aromatic heterocycles. The van der Waals surface area contributed by atoms with Crippen molar-refractivity contribution in [2.75, 3.05) is 6.54 Å². The van der Waals surface area contributed by atoms with Crippen molar-refractivity contribution in [3.8, 4) is 0 Å². The van der Waals surface area contributed by atoms with Crippen molar-refractivity contribution in [2.45, 2.75) is 19.9 Å². The highest BCUT2D eigenvalue weighted by Crippen LogP contribution is 2.09. The van der Waals surface area contributed by atoms with E-state index in [9.17, 15) is 4.39 Å². The second-order valence-electron chi connectivity index (χ2n) is 4.36. The van der Waals surface area contributed by atoms with Gasteiger partial charge in [-0.25, -0.2) is 4.39 Å².